The highest BCUT2D eigenvalue weighted by Crippen LogP contribution is 2.17. The van der Waals surface area contributed by atoms with Crippen LogP contribution in [0.3, 0.4) is 0 Å². The molecule has 1 rings (SSSR count). The van der Waals surface area contributed by atoms with Crippen molar-refractivity contribution in [3.63, 3.8) is 0 Å². The van der Waals surface area contributed by atoms with Gasteiger partial charge in [-0.1, -0.05) is 24.9 Å². The minimum atomic E-state index is 0.407. The van der Waals surface area contributed by atoms with Gasteiger partial charge in [-0.05, 0) is 25.3 Å². The maximum atomic E-state index is 5.60. The molecule has 0 aliphatic heterocycles. The zero-order valence-corrected chi connectivity index (χ0v) is 10.8. The second-order valence-corrected chi connectivity index (χ2v) is 4.31. The summed E-state index contributed by atoms with van der Waals surface area (Å²) in [4.78, 5) is 4.26. The molecule has 0 aliphatic rings. The minimum absolute atomic E-state index is 0.407. The van der Waals surface area contributed by atoms with E-state index < -0.39 is 0 Å². The van der Waals surface area contributed by atoms with Crippen LogP contribution in [-0.4, -0.2) is 23.8 Å². The van der Waals surface area contributed by atoms with Crippen LogP contribution in [0.1, 0.15) is 44.3 Å². The number of rotatable bonds is 9. The monoisotopic (exact) mass is 241 g/mol. The molecule has 2 N–H and O–H groups in total. The predicted octanol–water partition coefficient (Wildman–Crippen LogP) is 1.91. The summed E-state index contributed by atoms with van der Waals surface area (Å²) in [6, 6.07) is 0. The van der Waals surface area contributed by atoms with E-state index in [1.165, 1.54) is 12.8 Å². The third-order valence-electron chi connectivity index (χ3n) is 2.82. The predicted molar refractivity (Wildman–Crippen MR) is 65.4 cm³/mol. The third kappa shape index (κ3) is 5.28. The Balaban J connectivity index is 2.35. The van der Waals surface area contributed by atoms with E-state index in [1.54, 1.807) is 7.11 Å². The largest absolute Gasteiger partial charge is 0.377 e. The molecule has 0 saturated carbocycles. The Labute approximate surface area is 103 Å². The molecule has 1 unspecified atom stereocenters. The van der Waals surface area contributed by atoms with Crippen LogP contribution >= 0.6 is 0 Å². The molecule has 0 fully saturated rings. The van der Waals surface area contributed by atoms with Crippen LogP contribution in [0.4, 0.5) is 0 Å². The second kappa shape index (κ2) is 8.20. The molecule has 5 heteroatoms. The summed E-state index contributed by atoms with van der Waals surface area (Å²) < 4.78 is 10.1. The number of nitrogens with two attached hydrogens (primary N) is 1. The first-order valence-corrected chi connectivity index (χ1v) is 6.30. The highest BCUT2D eigenvalue weighted by Gasteiger charge is 2.11. The van der Waals surface area contributed by atoms with Crippen LogP contribution in [0, 0.1) is 5.92 Å². The van der Waals surface area contributed by atoms with Crippen molar-refractivity contribution in [2.75, 3.05) is 13.7 Å². The van der Waals surface area contributed by atoms with E-state index in [1.807, 2.05) is 0 Å². The van der Waals surface area contributed by atoms with Crippen molar-refractivity contribution >= 4 is 0 Å². The normalized spacial score (nSPS) is 12.9. The lowest BCUT2D eigenvalue weighted by atomic mass is 9.94. The minimum Gasteiger partial charge on any atom is -0.377 e. The van der Waals surface area contributed by atoms with Crippen LogP contribution < -0.4 is 5.73 Å². The third-order valence-corrected chi connectivity index (χ3v) is 2.82. The van der Waals surface area contributed by atoms with E-state index in [4.69, 9.17) is 15.0 Å². The molecule has 1 heterocycles. The highest BCUT2D eigenvalue weighted by molar-refractivity contribution is 4.85. The van der Waals surface area contributed by atoms with Gasteiger partial charge in [0.05, 0.1) is 0 Å². The first-order valence-electron chi connectivity index (χ1n) is 6.30. The molecule has 0 spiro atoms. The molecule has 0 radical (unpaired) electrons. The van der Waals surface area contributed by atoms with Gasteiger partial charge in [0.25, 0.3) is 0 Å². The van der Waals surface area contributed by atoms with Crippen molar-refractivity contribution in [2.45, 2.75) is 45.6 Å². The fourth-order valence-corrected chi connectivity index (χ4v) is 1.98. The number of aryl methyl sites for hydroxylation is 1. The zero-order chi connectivity index (χ0) is 12.5. The van der Waals surface area contributed by atoms with Crippen molar-refractivity contribution in [1.29, 1.82) is 0 Å². The smallest absolute Gasteiger partial charge is 0.226 e. The number of methoxy groups -OCH3 is 1. The maximum absolute atomic E-state index is 5.60. The van der Waals surface area contributed by atoms with Crippen molar-refractivity contribution in [3.05, 3.63) is 11.7 Å². The summed E-state index contributed by atoms with van der Waals surface area (Å²) in [7, 11) is 1.62. The van der Waals surface area contributed by atoms with Crippen LogP contribution in [-0.2, 0) is 17.8 Å². The summed E-state index contributed by atoms with van der Waals surface area (Å²) in [6.07, 6.45) is 5.40. The Hall–Kier alpha value is -0.940. The van der Waals surface area contributed by atoms with Gasteiger partial charge in [-0.25, -0.2) is 0 Å². The van der Waals surface area contributed by atoms with Gasteiger partial charge < -0.3 is 15.0 Å². The first kappa shape index (κ1) is 14.1. The van der Waals surface area contributed by atoms with E-state index in [-0.39, 0.29) is 0 Å². The van der Waals surface area contributed by atoms with Crippen molar-refractivity contribution in [3.8, 4) is 0 Å². The second-order valence-electron chi connectivity index (χ2n) is 4.31. The SMILES string of the molecule is CCCC(CCN)CCc1nc(COC)no1. The molecule has 1 aromatic rings. The number of ether oxygens (including phenoxy) is 1. The van der Waals surface area contributed by atoms with E-state index in [0.717, 1.165) is 25.8 Å². The number of hydrogen-bond acceptors (Lipinski definition) is 5. The molecule has 0 aliphatic carbocycles. The molecule has 0 bridgehead atoms. The van der Waals surface area contributed by atoms with Crippen LogP contribution in [0.15, 0.2) is 4.52 Å². The van der Waals surface area contributed by atoms with Gasteiger partial charge in [0.2, 0.25) is 5.89 Å². The lowest BCUT2D eigenvalue weighted by Gasteiger charge is -2.13. The lowest BCUT2D eigenvalue weighted by molar-refractivity contribution is 0.174. The first-order chi connectivity index (χ1) is 8.30. The van der Waals surface area contributed by atoms with E-state index in [2.05, 4.69) is 17.1 Å². The molecule has 0 amide bonds. The topological polar surface area (TPSA) is 74.2 Å². The number of aromatic nitrogens is 2. The quantitative estimate of drug-likeness (QED) is 0.715. The summed E-state index contributed by atoms with van der Waals surface area (Å²) in [6.45, 7) is 3.36. The molecule has 98 valence electrons. The van der Waals surface area contributed by atoms with Gasteiger partial charge >= 0.3 is 0 Å². The summed E-state index contributed by atoms with van der Waals surface area (Å²) in [5.74, 6) is 1.99. The number of hydrogen-bond donors (Lipinski definition) is 1. The molecule has 0 saturated heterocycles. The van der Waals surface area contributed by atoms with E-state index in [0.29, 0.717) is 24.2 Å². The molecule has 5 nitrogen and oxygen atoms in total. The number of nitrogens with zero attached hydrogens (tertiary/aromatic N) is 2. The van der Waals surface area contributed by atoms with E-state index >= 15 is 0 Å². The average molecular weight is 241 g/mol. The Bertz CT molecular complexity index is 296. The maximum Gasteiger partial charge on any atom is 0.226 e. The zero-order valence-electron chi connectivity index (χ0n) is 10.8. The summed E-state index contributed by atoms with van der Waals surface area (Å²) in [5, 5.41) is 3.84. The fraction of sp³-hybridized carbons (Fsp3) is 0.833. The average Bonchev–Trinajstić information content (AvgIpc) is 2.75. The molecule has 1 aromatic heterocycles. The van der Waals surface area contributed by atoms with Crippen LogP contribution in [0.5, 0.6) is 0 Å². The van der Waals surface area contributed by atoms with Crippen LogP contribution in [0.2, 0.25) is 0 Å². The molecule has 0 aromatic carbocycles. The van der Waals surface area contributed by atoms with E-state index in [9.17, 15) is 0 Å². The van der Waals surface area contributed by atoms with Gasteiger partial charge in [-0.15, -0.1) is 0 Å². The summed E-state index contributed by atoms with van der Waals surface area (Å²) in [5.41, 5.74) is 5.60. The molecular formula is C12H23N3O2. The fourth-order valence-electron chi connectivity index (χ4n) is 1.98. The molecular weight excluding hydrogens is 218 g/mol. The van der Waals surface area contributed by atoms with Crippen molar-refractivity contribution in [1.82, 2.24) is 10.1 Å². The Morgan fingerprint density at radius 3 is 2.82 bits per heavy atom. The van der Waals surface area contributed by atoms with Gasteiger partial charge in [-0.3, -0.25) is 0 Å². The van der Waals surface area contributed by atoms with Crippen molar-refractivity contribution in [2.24, 2.45) is 11.7 Å². The van der Waals surface area contributed by atoms with Gasteiger partial charge in [0.1, 0.15) is 6.61 Å². The van der Waals surface area contributed by atoms with Gasteiger partial charge in [0, 0.05) is 13.5 Å². The van der Waals surface area contributed by atoms with Crippen LogP contribution in [0.25, 0.3) is 0 Å². The van der Waals surface area contributed by atoms with Gasteiger partial charge in [-0.2, -0.15) is 4.98 Å². The Morgan fingerprint density at radius 1 is 1.35 bits per heavy atom. The molecule has 17 heavy (non-hydrogen) atoms. The van der Waals surface area contributed by atoms with Gasteiger partial charge in [0.15, 0.2) is 5.82 Å². The summed E-state index contributed by atoms with van der Waals surface area (Å²) >= 11 is 0. The van der Waals surface area contributed by atoms with Crippen molar-refractivity contribution < 1.29 is 9.26 Å². The Kier molecular flexibility index (Phi) is 6.81. The highest BCUT2D eigenvalue weighted by atomic mass is 16.5. The lowest BCUT2D eigenvalue weighted by Crippen LogP contribution is -2.09. The molecule has 1 atom stereocenters. The Morgan fingerprint density at radius 2 is 2.18 bits per heavy atom. The standard InChI is InChI=1S/C12H23N3O2/c1-3-4-10(7-8-13)5-6-12-14-11(9-16-2)15-17-12/h10H,3-9,13H2,1-2H3.